The molecular formula is C46H52N6O6. The Morgan fingerprint density at radius 2 is 1.53 bits per heavy atom. The second-order valence-corrected chi connectivity index (χ2v) is 18.1. The Balaban J connectivity index is 0.778. The fourth-order valence-electron chi connectivity index (χ4n) is 10.5. The molecule has 4 aliphatic heterocycles. The summed E-state index contributed by atoms with van der Waals surface area (Å²) in [5.74, 6) is -0.613. The lowest BCUT2D eigenvalue weighted by molar-refractivity contribution is -0.164. The number of rotatable bonds is 10. The van der Waals surface area contributed by atoms with E-state index in [1.165, 1.54) is 0 Å². The molecule has 5 amide bonds. The van der Waals surface area contributed by atoms with Crippen molar-refractivity contribution in [2.45, 2.75) is 104 Å². The Hall–Kier alpha value is -5.54. The average Bonchev–Trinajstić information content (AvgIpc) is 3.71. The SMILES string of the molecule is Cc1cc(OC2C(C)(C)C(NC(=O)c3ccc(N4CCC(CCCN5Cc6cc7c(cc6C5)C(=O)N(C5CCC(=O)NC5=O)C7=O)CC4)cc3)C2(C)C)ccc1C#N. The van der Waals surface area contributed by atoms with E-state index in [1.54, 1.807) is 6.07 Å². The van der Waals surface area contributed by atoms with Gasteiger partial charge in [0.15, 0.2) is 0 Å². The maximum atomic E-state index is 13.5. The number of imide groups is 2. The Labute approximate surface area is 339 Å². The summed E-state index contributed by atoms with van der Waals surface area (Å²) in [6.45, 7) is 14.7. The summed E-state index contributed by atoms with van der Waals surface area (Å²) in [4.78, 5) is 69.9. The van der Waals surface area contributed by atoms with Crippen LogP contribution < -0.4 is 20.3 Å². The van der Waals surface area contributed by atoms with Crippen molar-refractivity contribution in [1.82, 2.24) is 20.4 Å². The number of amides is 5. The van der Waals surface area contributed by atoms with Gasteiger partial charge in [-0.25, -0.2) is 0 Å². The Bertz CT molecular complexity index is 2170. The van der Waals surface area contributed by atoms with Gasteiger partial charge < -0.3 is 15.0 Å². The summed E-state index contributed by atoms with van der Waals surface area (Å²) >= 11 is 0. The maximum absolute atomic E-state index is 13.5. The number of ether oxygens (including phenoxy) is 1. The molecule has 3 aromatic rings. The zero-order valence-electron chi connectivity index (χ0n) is 34.0. The number of nitriles is 1. The van der Waals surface area contributed by atoms with Gasteiger partial charge in [-0.1, -0.05) is 27.7 Å². The summed E-state index contributed by atoms with van der Waals surface area (Å²) in [7, 11) is 0. The maximum Gasteiger partial charge on any atom is 0.262 e. The van der Waals surface area contributed by atoms with Gasteiger partial charge in [-0.05, 0) is 123 Å². The molecule has 1 aliphatic carbocycles. The molecule has 3 fully saturated rings. The van der Waals surface area contributed by atoms with Crippen molar-refractivity contribution in [1.29, 1.82) is 5.26 Å². The second-order valence-electron chi connectivity index (χ2n) is 18.1. The molecule has 3 aromatic carbocycles. The van der Waals surface area contributed by atoms with Crippen LogP contribution in [-0.2, 0) is 22.7 Å². The molecule has 8 rings (SSSR count). The average molecular weight is 785 g/mol. The van der Waals surface area contributed by atoms with Crippen LogP contribution in [0, 0.1) is 35.0 Å². The molecule has 1 atom stereocenters. The number of anilines is 1. The highest BCUT2D eigenvalue weighted by Gasteiger charge is 2.64. The largest absolute Gasteiger partial charge is 0.489 e. The van der Waals surface area contributed by atoms with Gasteiger partial charge in [0.1, 0.15) is 17.9 Å². The van der Waals surface area contributed by atoms with Crippen LogP contribution in [0.4, 0.5) is 5.69 Å². The highest BCUT2D eigenvalue weighted by molar-refractivity contribution is 6.23. The van der Waals surface area contributed by atoms with E-state index in [-0.39, 0.29) is 47.6 Å². The molecule has 2 saturated heterocycles. The van der Waals surface area contributed by atoms with Gasteiger partial charge in [-0.3, -0.25) is 39.1 Å². The van der Waals surface area contributed by atoms with E-state index in [0.717, 1.165) is 91.4 Å². The topological polar surface area (TPSA) is 152 Å². The summed E-state index contributed by atoms with van der Waals surface area (Å²) in [6, 6.07) is 18.3. The number of fused-ring (bicyclic) bond motifs is 2. The van der Waals surface area contributed by atoms with Gasteiger partial charge >= 0.3 is 0 Å². The van der Waals surface area contributed by atoms with Crippen LogP contribution >= 0.6 is 0 Å². The van der Waals surface area contributed by atoms with Gasteiger partial charge in [0.25, 0.3) is 17.7 Å². The van der Waals surface area contributed by atoms with Crippen molar-refractivity contribution in [2.24, 2.45) is 16.7 Å². The molecule has 58 heavy (non-hydrogen) atoms. The van der Waals surface area contributed by atoms with Crippen LogP contribution in [0.1, 0.15) is 120 Å². The summed E-state index contributed by atoms with van der Waals surface area (Å²) in [5, 5.41) is 14.9. The summed E-state index contributed by atoms with van der Waals surface area (Å²) in [6.07, 6.45) is 4.56. The predicted octanol–water partition coefficient (Wildman–Crippen LogP) is 5.89. The van der Waals surface area contributed by atoms with E-state index in [1.807, 2.05) is 43.3 Å². The lowest BCUT2D eigenvalue weighted by atomic mass is 9.49. The number of piperidine rings is 2. The van der Waals surface area contributed by atoms with E-state index in [4.69, 9.17) is 4.74 Å². The fourth-order valence-corrected chi connectivity index (χ4v) is 10.5. The number of carbonyl (C=O) groups is 5. The van der Waals surface area contributed by atoms with Gasteiger partial charge in [-0.15, -0.1) is 0 Å². The lowest BCUT2D eigenvalue weighted by Crippen LogP contribution is -2.74. The van der Waals surface area contributed by atoms with Crippen LogP contribution in [0.3, 0.4) is 0 Å². The standard InChI is InChI=1S/C46H52N6O6/c1-27-21-34(13-10-30(27)24-47)58-44-45(2,3)43(46(44,4)5)49-39(54)29-8-11-33(12-9-29)51-19-16-28(17-20-51)7-6-18-50-25-31-22-35-36(23-32(31)26-50)42(57)52(41(35)56)37-14-15-38(53)48-40(37)55/h8-13,21-23,28,37,43-44H,6-7,14-20,25-26H2,1-5H3,(H,49,54)(H,48,53,55). The first-order chi connectivity index (χ1) is 27.6. The first kappa shape index (κ1) is 39.3. The van der Waals surface area contributed by atoms with Gasteiger partial charge in [0, 0.05) is 60.7 Å². The van der Waals surface area contributed by atoms with Crippen molar-refractivity contribution in [3.05, 3.63) is 93.5 Å². The molecule has 0 spiro atoms. The van der Waals surface area contributed by atoms with Crippen molar-refractivity contribution in [3.8, 4) is 11.8 Å². The minimum atomic E-state index is -0.954. The number of hydrogen-bond acceptors (Lipinski definition) is 9. The Kier molecular flexibility index (Phi) is 10.2. The summed E-state index contributed by atoms with van der Waals surface area (Å²) in [5.41, 5.74) is 5.46. The van der Waals surface area contributed by atoms with Crippen molar-refractivity contribution in [3.63, 3.8) is 0 Å². The quantitative estimate of drug-likeness (QED) is 0.240. The van der Waals surface area contributed by atoms with Crippen molar-refractivity contribution >= 4 is 35.2 Å². The minimum absolute atomic E-state index is 0.0893. The third-order valence-electron chi connectivity index (χ3n) is 13.4. The smallest absolute Gasteiger partial charge is 0.262 e. The second kappa shape index (κ2) is 15.0. The molecule has 1 unspecified atom stereocenters. The van der Waals surface area contributed by atoms with E-state index in [2.05, 4.69) is 66.3 Å². The Morgan fingerprint density at radius 3 is 2.12 bits per heavy atom. The number of nitrogens with zero attached hydrogens (tertiary/aromatic N) is 4. The van der Waals surface area contributed by atoms with Crippen LogP contribution in [0.15, 0.2) is 54.6 Å². The van der Waals surface area contributed by atoms with Gasteiger partial charge in [0.05, 0.1) is 22.8 Å². The number of nitrogens with one attached hydrogen (secondary N) is 2. The highest BCUT2D eigenvalue weighted by Crippen LogP contribution is 2.55. The van der Waals surface area contributed by atoms with E-state index < -0.39 is 23.8 Å². The molecule has 2 N–H and O–H groups in total. The highest BCUT2D eigenvalue weighted by atomic mass is 16.5. The zero-order valence-corrected chi connectivity index (χ0v) is 34.0. The van der Waals surface area contributed by atoms with Gasteiger partial charge in [0.2, 0.25) is 11.8 Å². The molecular weight excluding hydrogens is 733 g/mol. The number of carbonyl (C=O) groups excluding carboxylic acids is 5. The minimum Gasteiger partial charge on any atom is -0.489 e. The molecule has 5 aliphatic rings. The molecule has 12 nitrogen and oxygen atoms in total. The molecule has 0 radical (unpaired) electrons. The molecule has 0 aromatic heterocycles. The molecule has 1 saturated carbocycles. The van der Waals surface area contributed by atoms with Crippen LogP contribution in [0.5, 0.6) is 5.75 Å². The number of benzene rings is 3. The van der Waals surface area contributed by atoms with Crippen molar-refractivity contribution < 1.29 is 28.7 Å². The third kappa shape index (κ3) is 7.04. The monoisotopic (exact) mass is 784 g/mol. The molecule has 4 heterocycles. The third-order valence-corrected chi connectivity index (χ3v) is 13.4. The van der Waals surface area contributed by atoms with E-state index >= 15 is 0 Å². The van der Waals surface area contributed by atoms with Crippen LogP contribution in [0.2, 0.25) is 0 Å². The molecule has 12 heteroatoms. The van der Waals surface area contributed by atoms with Crippen LogP contribution in [-0.4, -0.2) is 77.2 Å². The lowest BCUT2D eigenvalue weighted by Gasteiger charge is -2.63. The zero-order chi connectivity index (χ0) is 41.1. The fraction of sp³-hybridized carbons (Fsp3) is 0.478. The molecule has 0 bridgehead atoms. The van der Waals surface area contributed by atoms with E-state index in [0.29, 0.717) is 28.2 Å². The first-order valence-corrected chi connectivity index (χ1v) is 20.6. The number of hydrogen-bond donors (Lipinski definition) is 2. The Morgan fingerprint density at radius 1 is 0.897 bits per heavy atom. The van der Waals surface area contributed by atoms with Gasteiger partial charge in [-0.2, -0.15) is 5.26 Å². The summed E-state index contributed by atoms with van der Waals surface area (Å²) < 4.78 is 6.46. The van der Waals surface area contributed by atoms with Crippen molar-refractivity contribution in [2.75, 3.05) is 24.5 Å². The van der Waals surface area contributed by atoms with Crippen LogP contribution in [0.25, 0.3) is 0 Å². The molecule has 302 valence electrons. The first-order valence-electron chi connectivity index (χ1n) is 20.6. The predicted molar refractivity (Wildman–Crippen MR) is 217 cm³/mol. The normalized spacial score (nSPS) is 23.8. The number of aryl methyl sites for hydroxylation is 1. The van der Waals surface area contributed by atoms with E-state index in [9.17, 15) is 29.2 Å².